The SMILES string of the molecule is O=C(c1ccc(=O)[nH]n1)N1CCSC(c2ccc3c(c2)OCO3)CC1. The normalized spacial score (nSPS) is 19.5. The first kappa shape index (κ1) is 16.0. The number of aromatic nitrogens is 2. The van der Waals surface area contributed by atoms with Crippen LogP contribution in [0.5, 0.6) is 11.5 Å². The van der Waals surface area contributed by atoms with Crippen LogP contribution in [0.25, 0.3) is 0 Å². The number of benzene rings is 1. The van der Waals surface area contributed by atoms with Gasteiger partial charge >= 0.3 is 0 Å². The molecule has 130 valence electrons. The van der Waals surface area contributed by atoms with E-state index in [4.69, 9.17) is 9.47 Å². The molecule has 4 rings (SSSR count). The summed E-state index contributed by atoms with van der Waals surface area (Å²) in [7, 11) is 0. The number of carbonyl (C=O) groups is 1. The molecule has 1 saturated heterocycles. The third kappa shape index (κ3) is 3.34. The van der Waals surface area contributed by atoms with Crippen molar-refractivity contribution in [2.75, 3.05) is 25.6 Å². The second-order valence-corrected chi connectivity index (χ2v) is 7.17. The average molecular weight is 359 g/mol. The van der Waals surface area contributed by atoms with Gasteiger partial charge in [0, 0.05) is 30.2 Å². The van der Waals surface area contributed by atoms with Crippen LogP contribution in [-0.4, -0.2) is 46.6 Å². The summed E-state index contributed by atoms with van der Waals surface area (Å²) in [4.78, 5) is 25.4. The number of hydrogen-bond donors (Lipinski definition) is 1. The molecule has 1 aromatic heterocycles. The Morgan fingerprint density at radius 1 is 1.20 bits per heavy atom. The van der Waals surface area contributed by atoms with Crippen LogP contribution in [0.3, 0.4) is 0 Å². The molecule has 1 N–H and O–H groups in total. The van der Waals surface area contributed by atoms with Gasteiger partial charge in [0.15, 0.2) is 11.5 Å². The van der Waals surface area contributed by atoms with Crippen LogP contribution in [0.2, 0.25) is 0 Å². The number of rotatable bonds is 2. The van der Waals surface area contributed by atoms with E-state index in [1.54, 1.807) is 4.90 Å². The Hall–Kier alpha value is -2.48. The molecular weight excluding hydrogens is 342 g/mol. The summed E-state index contributed by atoms with van der Waals surface area (Å²) < 4.78 is 10.8. The van der Waals surface area contributed by atoms with Crippen molar-refractivity contribution in [3.8, 4) is 11.5 Å². The molecule has 1 amide bonds. The number of nitrogens with zero attached hydrogens (tertiary/aromatic N) is 2. The molecule has 1 atom stereocenters. The first-order valence-electron chi connectivity index (χ1n) is 8.07. The molecule has 3 heterocycles. The smallest absolute Gasteiger partial charge is 0.274 e. The zero-order valence-electron chi connectivity index (χ0n) is 13.4. The van der Waals surface area contributed by atoms with Crippen molar-refractivity contribution in [2.24, 2.45) is 0 Å². The zero-order chi connectivity index (χ0) is 17.2. The number of carbonyl (C=O) groups excluding carboxylic acids is 1. The van der Waals surface area contributed by atoms with Gasteiger partial charge < -0.3 is 14.4 Å². The van der Waals surface area contributed by atoms with Crippen molar-refractivity contribution in [1.29, 1.82) is 0 Å². The second kappa shape index (κ2) is 6.79. The van der Waals surface area contributed by atoms with Gasteiger partial charge in [-0.15, -0.1) is 0 Å². The largest absolute Gasteiger partial charge is 0.454 e. The Kier molecular flexibility index (Phi) is 4.35. The number of aromatic amines is 1. The van der Waals surface area contributed by atoms with Crippen LogP contribution < -0.4 is 15.0 Å². The van der Waals surface area contributed by atoms with E-state index >= 15 is 0 Å². The molecule has 7 nitrogen and oxygen atoms in total. The van der Waals surface area contributed by atoms with Crippen molar-refractivity contribution in [1.82, 2.24) is 15.1 Å². The standard InChI is InChI=1S/C17H17N3O4S/c21-16-4-2-12(18-19-16)17(22)20-6-5-15(25-8-7-20)11-1-3-13-14(9-11)24-10-23-13/h1-4,9,15H,5-8,10H2,(H,19,21). The Labute approximate surface area is 148 Å². The van der Waals surface area contributed by atoms with Crippen molar-refractivity contribution in [2.45, 2.75) is 11.7 Å². The van der Waals surface area contributed by atoms with E-state index in [2.05, 4.69) is 16.3 Å². The van der Waals surface area contributed by atoms with Crippen LogP contribution in [0.1, 0.15) is 27.7 Å². The number of ether oxygens (including phenoxy) is 2. The molecule has 1 fully saturated rings. The highest BCUT2D eigenvalue weighted by atomic mass is 32.2. The molecule has 0 saturated carbocycles. The maximum atomic E-state index is 12.6. The minimum absolute atomic E-state index is 0.150. The van der Waals surface area contributed by atoms with Crippen LogP contribution in [-0.2, 0) is 0 Å². The van der Waals surface area contributed by atoms with Gasteiger partial charge in [-0.25, -0.2) is 5.10 Å². The lowest BCUT2D eigenvalue weighted by Crippen LogP contribution is -2.34. The maximum Gasteiger partial charge on any atom is 0.274 e. The van der Waals surface area contributed by atoms with Crippen molar-refractivity contribution >= 4 is 17.7 Å². The van der Waals surface area contributed by atoms with E-state index in [-0.39, 0.29) is 24.0 Å². The molecule has 8 heteroatoms. The molecule has 25 heavy (non-hydrogen) atoms. The molecular formula is C17H17N3O4S. The highest BCUT2D eigenvalue weighted by molar-refractivity contribution is 7.99. The Bertz CT molecular complexity index is 834. The Balaban J connectivity index is 1.46. The molecule has 0 aliphatic carbocycles. The monoisotopic (exact) mass is 359 g/mol. The molecule has 2 aromatic rings. The van der Waals surface area contributed by atoms with Crippen molar-refractivity contribution in [3.05, 3.63) is 51.9 Å². The fourth-order valence-corrected chi connectivity index (χ4v) is 4.20. The number of amides is 1. The van der Waals surface area contributed by atoms with E-state index in [1.807, 2.05) is 23.9 Å². The second-order valence-electron chi connectivity index (χ2n) is 5.86. The maximum absolute atomic E-state index is 12.6. The quantitative estimate of drug-likeness (QED) is 0.880. The molecule has 2 aliphatic rings. The highest BCUT2D eigenvalue weighted by Gasteiger charge is 2.25. The minimum Gasteiger partial charge on any atom is -0.454 e. The third-order valence-corrected chi connectivity index (χ3v) is 5.62. The summed E-state index contributed by atoms with van der Waals surface area (Å²) in [6, 6.07) is 8.82. The number of fused-ring (bicyclic) bond motifs is 1. The van der Waals surface area contributed by atoms with Gasteiger partial charge in [0.05, 0.1) is 0 Å². The van der Waals surface area contributed by atoms with Crippen molar-refractivity contribution < 1.29 is 14.3 Å². The van der Waals surface area contributed by atoms with E-state index in [1.165, 1.54) is 17.7 Å². The Morgan fingerprint density at radius 2 is 2.08 bits per heavy atom. The lowest BCUT2D eigenvalue weighted by atomic mass is 10.1. The first-order chi connectivity index (χ1) is 12.2. The highest BCUT2D eigenvalue weighted by Crippen LogP contribution is 2.40. The minimum atomic E-state index is -0.314. The average Bonchev–Trinajstić information content (AvgIpc) is 2.96. The number of hydrogen-bond acceptors (Lipinski definition) is 6. The van der Waals surface area contributed by atoms with E-state index in [0.29, 0.717) is 18.3 Å². The summed E-state index contributed by atoms with van der Waals surface area (Å²) >= 11 is 1.83. The van der Waals surface area contributed by atoms with Crippen LogP contribution in [0, 0.1) is 0 Å². The van der Waals surface area contributed by atoms with Gasteiger partial charge in [-0.05, 0) is 30.2 Å². The molecule has 0 radical (unpaired) electrons. The summed E-state index contributed by atoms with van der Waals surface area (Å²) in [6.07, 6.45) is 0.847. The zero-order valence-corrected chi connectivity index (χ0v) is 14.3. The topological polar surface area (TPSA) is 84.5 Å². The first-order valence-corrected chi connectivity index (χ1v) is 9.12. The summed E-state index contributed by atoms with van der Waals surface area (Å²) in [5.74, 6) is 2.26. The predicted molar refractivity (Wildman–Crippen MR) is 93.1 cm³/mol. The fraction of sp³-hybridized carbons (Fsp3) is 0.353. The lowest BCUT2D eigenvalue weighted by Gasteiger charge is -2.19. The number of nitrogens with one attached hydrogen (secondary N) is 1. The molecule has 0 bridgehead atoms. The molecule has 0 spiro atoms. The van der Waals surface area contributed by atoms with E-state index in [9.17, 15) is 9.59 Å². The molecule has 2 aliphatic heterocycles. The van der Waals surface area contributed by atoms with Gasteiger partial charge in [-0.1, -0.05) is 6.07 Å². The van der Waals surface area contributed by atoms with Gasteiger partial charge in [-0.3, -0.25) is 9.59 Å². The summed E-state index contributed by atoms with van der Waals surface area (Å²) in [5.41, 5.74) is 1.14. The van der Waals surface area contributed by atoms with Gasteiger partial charge in [-0.2, -0.15) is 16.9 Å². The van der Waals surface area contributed by atoms with E-state index in [0.717, 1.165) is 23.7 Å². The van der Waals surface area contributed by atoms with Crippen LogP contribution in [0.15, 0.2) is 35.1 Å². The fourth-order valence-electron chi connectivity index (χ4n) is 2.98. The van der Waals surface area contributed by atoms with Crippen LogP contribution >= 0.6 is 11.8 Å². The predicted octanol–water partition coefficient (Wildman–Crippen LogP) is 1.82. The summed E-state index contributed by atoms with van der Waals surface area (Å²) in [6.45, 7) is 1.57. The molecule has 1 unspecified atom stereocenters. The number of thioether (sulfide) groups is 1. The van der Waals surface area contributed by atoms with Gasteiger partial charge in [0.2, 0.25) is 6.79 Å². The van der Waals surface area contributed by atoms with Gasteiger partial charge in [0.1, 0.15) is 5.69 Å². The molecule has 1 aromatic carbocycles. The van der Waals surface area contributed by atoms with Gasteiger partial charge in [0.25, 0.3) is 11.5 Å². The summed E-state index contributed by atoms with van der Waals surface area (Å²) in [5, 5.41) is 6.45. The number of H-pyrrole nitrogens is 1. The van der Waals surface area contributed by atoms with Crippen molar-refractivity contribution in [3.63, 3.8) is 0 Å². The third-order valence-electron chi connectivity index (χ3n) is 4.30. The lowest BCUT2D eigenvalue weighted by molar-refractivity contribution is 0.0759. The van der Waals surface area contributed by atoms with Crippen LogP contribution in [0.4, 0.5) is 0 Å². The van der Waals surface area contributed by atoms with E-state index < -0.39 is 0 Å². The Morgan fingerprint density at radius 3 is 2.92 bits per heavy atom.